The van der Waals surface area contributed by atoms with E-state index in [0.29, 0.717) is 11.7 Å². The van der Waals surface area contributed by atoms with E-state index in [2.05, 4.69) is 23.5 Å². The van der Waals surface area contributed by atoms with E-state index in [9.17, 15) is 9.90 Å². The summed E-state index contributed by atoms with van der Waals surface area (Å²) in [4.78, 5) is 15.0. The summed E-state index contributed by atoms with van der Waals surface area (Å²) in [6, 6.07) is 15.8. The lowest BCUT2D eigenvalue weighted by Gasteiger charge is -2.32. The summed E-state index contributed by atoms with van der Waals surface area (Å²) in [7, 11) is 0. The number of carbonyl (C=O) groups excluding carboxylic acids is 1. The van der Waals surface area contributed by atoms with Gasteiger partial charge >= 0.3 is 0 Å². The second-order valence-electron chi connectivity index (χ2n) is 8.26. The van der Waals surface area contributed by atoms with Gasteiger partial charge in [0.2, 0.25) is 0 Å². The van der Waals surface area contributed by atoms with Crippen molar-refractivity contribution >= 4 is 5.91 Å². The number of carbonyl (C=O) groups is 1. The molecule has 0 unspecified atom stereocenters. The van der Waals surface area contributed by atoms with Crippen molar-refractivity contribution < 1.29 is 9.90 Å². The van der Waals surface area contributed by atoms with Crippen molar-refractivity contribution in [3.63, 3.8) is 0 Å². The summed E-state index contributed by atoms with van der Waals surface area (Å²) in [5, 5.41) is 13.1. The first-order valence-corrected chi connectivity index (χ1v) is 10.6. The highest BCUT2D eigenvalue weighted by Crippen LogP contribution is 2.30. The summed E-state index contributed by atoms with van der Waals surface area (Å²) in [5.74, 6) is 1.62. The topological polar surface area (TPSA) is 52.6 Å². The predicted octanol–water partition coefficient (Wildman–Crippen LogP) is 3.95. The lowest BCUT2D eigenvalue weighted by atomic mass is 9.88. The quantitative estimate of drug-likeness (QED) is 0.847. The lowest BCUT2D eigenvalue weighted by molar-refractivity contribution is 0.0712. The first-order valence-electron chi connectivity index (χ1n) is 10.6. The third kappa shape index (κ3) is 4.56. The van der Waals surface area contributed by atoms with Gasteiger partial charge in [-0.25, -0.2) is 0 Å². The summed E-state index contributed by atoms with van der Waals surface area (Å²) >= 11 is 0. The van der Waals surface area contributed by atoms with Gasteiger partial charge in [-0.15, -0.1) is 0 Å². The molecular weight excluding hydrogens is 348 g/mol. The number of hydrogen-bond donors (Lipinski definition) is 2. The number of phenols is 1. The standard InChI is InChI=1S/C24H30N2O2/c27-23-6-2-4-21(17-23)20-9-13-26(14-10-20)24(28)22-5-1-3-19(16-22)15-18-7-11-25-12-8-18/h1-6,16-18,20,25,27H,7-15H2. The number of likely N-dealkylation sites (tertiary alicyclic amines) is 1. The monoisotopic (exact) mass is 378 g/mol. The number of hydrogen-bond acceptors (Lipinski definition) is 3. The van der Waals surface area contributed by atoms with Crippen LogP contribution in [-0.4, -0.2) is 42.1 Å². The minimum Gasteiger partial charge on any atom is -0.508 e. The van der Waals surface area contributed by atoms with Crippen LogP contribution in [0.5, 0.6) is 5.75 Å². The Labute approximate surface area is 167 Å². The van der Waals surface area contributed by atoms with Gasteiger partial charge in [0.15, 0.2) is 0 Å². The second kappa shape index (κ2) is 8.78. The molecule has 4 nitrogen and oxygen atoms in total. The maximum Gasteiger partial charge on any atom is 0.253 e. The molecule has 2 aliphatic rings. The van der Waals surface area contributed by atoms with Gasteiger partial charge in [-0.1, -0.05) is 24.3 Å². The number of phenolic OH excluding ortho intramolecular Hbond substituents is 1. The molecule has 2 aromatic carbocycles. The summed E-state index contributed by atoms with van der Waals surface area (Å²) in [5.41, 5.74) is 3.28. The summed E-state index contributed by atoms with van der Waals surface area (Å²) in [6.07, 6.45) is 5.41. The molecule has 2 aromatic rings. The van der Waals surface area contributed by atoms with E-state index in [1.807, 2.05) is 29.2 Å². The molecule has 0 aromatic heterocycles. The van der Waals surface area contributed by atoms with Crippen LogP contribution < -0.4 is 5.32 Å². The third-order valence-corrected chi connectivity index (χ3v) is 6.28. The Kier molecular flexibility index (Phi) is 5.96. The maximum atomic E-state index is 13.0. The van der Waals surface area contributed by atoms with Crippen molar-refractivity contribution in [1.82, 2.24) is 10.2 Å². The fraction of sp³-hybridized carbons (Fsp3) is 0.458. The zero-order chi connectivity index (χ0) is 19.3. The largest absolute Gasteiger partial charge is 0.508 e. The normalized spacial score (nSPS) is 18.9. The van der Waals surface area contributed by atoms with Crippen LogP contribution in [0.25, 0.3) is 0 Å². The Hall–Kier alpha value is -2.33. The van der Waals surface area contributed by atoms with Gasteiger partial charge in [0.25, 0.3) is 5.91 Å². The van der Waals surface area contributed by atoms with E-state index in [1.165, 1.54) is 24.0 Å². The minimum atomic E-state index is 0.154. The first-order chi connectivity index (χ1) is 13.7. The molecule has 4 rings (SSSR count). The van der Waals surface area contributed by atoms with Crippen molar-refractivity contribution in [1.29, 1.82) is 0 Å². The molecule has 148 valence electrons. The first kappa shape index (κ1) is 19.0. The van der Waals surface area contributed by atoms with Gasteiger partial charge in [-0.05, 0) is 92.4 Å². The summed E-state index contributed by atoms with van der Waals surface area (Å²) in [6.45, 7) is 3.77. The van der Waals surface area contributed by atoms with Crippen LogP contribution in [-0.2, 0) is 6.42 Å². The van der Waals surface area contributed by atoms with Gasteiger partial charge in [0, 0.05) is 18.7 Å². The smallest absolute Gasteiger partial charge is 0.253 e. The number of amides is 1. The van der Waals surface area contributed by atoms with E-state index < -0.39 is 0 Å². The Morgan fingerprint density at radius 3 is 2.50 bits per heavy atom. The molecule has 4 heteroatoms. The number of rotatable bonds is 4. The highest BCUT2D eigenvalue weighted by molar-refractivity contribution is 5.94. The molecule has 2 N–H and O–H groups in total. The molecule has 0 spiro atoms. The van der Waals surface area contributed by atoms with Gasteiger partial charge in [0.1, 0.15) is 5.75 Å². The SMILES string of the molecule is O=C(c1cccc(CC2CCNCC2)c1)N1CCC(c2cccc(O)c2)CC1. The molecule has 0 bridgehead atoms. The average Bonchev–Trinajstić information content (AvgIpc) is 2.74. The Morgan fingerprint density at radius 2 is 1.75 bits per heavy atom. The van der Waals surface area contributed by atoms with Crippen LogP contribution in [0.2, 0.25) is 0 Å². The van der Waals surface area contributed by atoms with Gasteiger partial charge in [0.05, 0.1) is 0 Å². The maximum absolute atomic E-state index is 13.0. The Morgan fingerprint density at radius 1 is 1.00 bits per heavy atom. The van der Waals surface area contributed by atoms with Crippen LogP contribution in [0.15, 0.2) is 48.5 Å². The van der Waals surface area contributed by atoms with Crippen molar-refractivity contribution in [3.05, 3.63) is 65.2 Å². The van der Waals surface area contributed by atoms with Crippen LogP contribution >= 0.6 is 0 Å². The molecule has 2 fully saturated rings. The highest BCUT2D eigenvalue weighted by Gasteiger charge is 2.25. The van der Waals surface area contributed by atoms with Crippen LogP contribution in [0.3, 0.4) is 0 Å². The lowest BCUT2D eigenvalue weighted by Crippen LogP contribution is -2.38. The Bertz CT molecular complexity index is 806. The van der Waals surface area contributed by atoms with E-state index in [1.54, 1.807) is 6.07 Å². The molecule has 2 aliphatic heterocycles. The van der Waals surface area contributed by atoms with Crippen LogP contribution in [0.1, 0.15) is 53.1 Å². The molecule has 1 amide bonds. The third-order valence-electron chi connectivity index (χ3n) is 6.28. The van der Waals surface area contributed by atoms with Gasteiger partial charge in [-0.2, -0.15) is 0 Å². The highest BCUT2D eigenvalue weighted by atomic mass is 16.3. The minimum absolute atomic E-state index is 0.154. The molecule has 2 saturated heterocycles. The Balaban J connectivity index is 1.36. The molecule has 2 heterocycles. The van der Waals surface area contributed by atoms with Crippen LogP contribution in [0, 0.1) is 5.92 Å². The zero-order valence-electron chi connectivity index (χ0n) is 16.4. The van der Waals surface area contributed by atoms with E-state index in [0.717, 1.165) is 56.9 Å². The molecule has 0 atom stereocenters. The van der Waals surface area contributed by atoms with E-state index >= 15 is 0 Å². The molecule has 0 saturated carbocycles. The van der Waals surface area contributed by atoms with Gasteiger partial charge in [-0.3, -0.25) is 4.79 Å². The zero-order valence-corrected chi connectivity index (χ0v) is 16.4. The number of nitrogens with one attached hydrogen (secondary N) is 1. The van der Waals surface area contributed by atoms with E-state index in [4.69, 9.17) is 0 Å². The molecular formula is C24H30N2O2. The second-order valence-corrected chi connectivity index (χ2v) is 8.26. The number of piperidine rings is 2. The number of nitrogens with zero attached hydrogens (tertiary/aromatic N) is 1. The van der Waals surface area contributed by atoms with Crippen molar-refractivity contribution in [2.75, 3.05) is 26.2 Å². The number of benzene rings is 2. The van der Waals surface area contributed by atoms with Crippen molar-refractivity contribution in [2.24, 2.45) is 5.92 Å². The van der Waals surface area contributed by atoms with Crippen molar-refractivity contribution in [2.45, 2.75) is 38.0 Å². The fourth-order valence-corrected chi connectivity index (χ4v) is 4.63. The fourth-order valence-electron chi connectivity index (χ4n) is 4.63. The average molecular weight is 379 g/mol. The summed E-state index contributed by atoms with van der Waals surface area (Å²) < 4.78 is 0. The van der Waals surface area contributed by atoms with E-state index in [-0.39, 0.29) is 5.91 Å². The molecule has 28 heavy (non-hydrogen) atoms. The molecule has 0 aliphatic carbocycles. The number of aromatic hydroxyl groups is 1. The molecule has 0 radical (unpaired) electrons. The predicted molar refractivity (Wildman–Crippen MR) is 112 cm³/mol. The van der Waals surface area contributed by atoms with Crippen LogP contribution in [0.4, 0.5) is 0 Å². The van der Waals surface area contributed by atoms with Crippen molar-refractivity contribution in [3.8, 4) is 5.75 Å². The van der Waals surface area contributed by atoms with Gasteiger partial charge < -0.3 is 15.3 Å².